The van der Waals surface area contributed by atoms with Gasteiger partial charge in [-0.1, -0.05) is 107 Å². The van der Waals surface area contributed by atoms with Crippen LogP contribution >= 0.6 is 0 Å². The number of hydrogen-bond acceptors (Lipinski definition) is 7. The first-order valence-electron chi connectivity index (χ1n) is 19.2. The number of carbonyl (C=O) groups is 2. The summed E-state index contributed by atoms with van der Waals surface area (Å²) in [6, 6.07) is 11.0. The predicted octanol–water partition coefficient (Wildman–Crippen LogP) is 10.5. The number of ether oxygens (including phenoxy) is 2. The molecule has 1 aliphatic rings. The monoisotopic (exact) mass is 722 g/mol. The van der Waals surface area contributed by atoms with Crippen molar-refractivity contribution in [3.05, 3.63) is 58.7 Å². The zero-order chi connectivity index (χ0) is 39.8. The second-order valence-electron chi connectivity index (χ2n) is 21.1. The van der Waals surface area contributed by atoms with Crippen LogP contribution in [0.3, 0.4) is 0 Å². The number of piperidine rings is 1. The van der Waals surface area contributed by atoms with Crippen molar-refractivity contribution in [1.29, 1.82) is 0 Å². The first-order chi connectivity index (χ1) is 23.4. The highest BCUT2D eigenvalue weighted by Gasteiger charge is 2.47. The molecule has 2 aromatic rings. The lowest BCUT2D eigenvalue weighted by atomic mass is 9.77. The summed E-state index contributed by atoms with van der Waals surface area (Å²) in [5, 5.41) is 21.2. The molecule has 1 heterocycles. The molecule has 0 amide bonds. The number of rotatable bonds is 10. The Labute approximate surface area is 315 Å². The smallest absolute Gasteiger partial charge is 0.313 e. The lowest BCUT2D eigenvalue weighted by molar-refractivity contribution is -0.165. The Balaban J connectivity index is 1.77. The third-order valence-corrected chi connectivity index (χ3v) is 10.4. The summed E-state index contributed by atoms with van der Waals surface area (Å²) in [5.41, 5.74) is 1.90. The Morgan fingerprint density at radius 1 is 0.692 bits per heavy atom. The van der Waals surface area contributed by atoms with E-state index < -0.39 is 11.8 Å². The lowest BCUT2D eigenvalue weighted by Crippen LogP contribution is -2.63. The molecule has 292 valence electrons. The number of aromatic hydroxyl groups is 2. The Kier molecular flexibility index (Phi) is 12.8. The molecular weight excluding hydrogens is 650 g/mol. The molecular formula is C45H71NO6. The molecule has 2 aromatic carbocycles. The molecule has 7 heteroatoms. The molecule has 2 unspecified atom stereocenters. The normalized spacial score (nSPS) is 18.5. The van der Waals surface area contributed by atoms with Crippen LogP contribution in [-0.4, -0.2) is 57.4 Å². The van der Waals surface area contributed by atoms with Gasteiger partial charge in [0, 0.05) is 30.5 Å². The number of phenolic OH excluding ortho intramolecular Hbond substituents is 2. The van der Waals surface area contributed by atoms with Gasteiger partial charge in [-0.25, -0.2) is 0 Å². The van der Waals surface area contributed by atoms with Gasteiger partial charge in [0.2, 0.25) is 0 Å². The van der Waals surface area contributed by atoms with Gasteiger partial charge in [0.15, 0.2) is 0 Å². The van der Waals surface area contributed by atoms with Crippen LogP contribution in [0.1, 0.15) is 171 Å². The van der Waals surface area contributed by atoms with E-state index in [1.807, 2.05) is 24.3 Å². The van der Waals surface area contributed by atoms with E-state index in [4.69, 9.17) is 9.47 Å². The molecule has 1 saturated heterocycles. The highest BCUT2D eigenvalue weighted by atomic mass is 16.5. The maximum atomic E-state index is 14.1. The van der Waals surface area contributed by atoms with Crippen LogP contribution < -0.4 is 0 Å². The highest BCUT2D eigenvalue weighted by Crippen LogP contribution is 2.43. The molecule has 2 N–H and O–H groups in total. The Morgan fingerprint density at radius 2 is 1.08 bits per heavy atom. The first-order valence-corrected chi connectivity index (χ1v) is 19.2. The molecule has 7 nitrogen and oxygen atoms in total. The topological polar surface area (TPSA) is 96.3 Å². The van der Waals surface area contributed by atoms with Crippen LogP contribution in [0.15, 0.2) is 36.4 Å². The summed E-state index contributed by atoms with van der Waals surface area (Å²) in [6.45, 7) is 34.6. The minimum atomic E-state index is -0.459. The van der Waals surface area contributed by atoms with Crippen LogP contribution in [0, 0.1) is 10.8 Å². The van der Waals surface area contributed by atoms with Gasteiger partial charge < -0.3 is 19.7 Å². The highest BCUT2D eigenvalue weighted by molar-refractivity contribution is 5.79. The van der Waals surface area contributed by atoms with E-state index in [9.17, 15) is 19.8 Å². The quantitative estimate of drug-likeness (QED) is 0.236. The van der Waals surface area contributed by atoms with Crippen LogP contribution in [0.4, 0.5) is 0 Å². The maximum Gasteiger partial charge on any atom is 0.313 e. The van der Waals surface area contributed by atoms with Gasteiger partial charge in [0.25, 0.3) is 0 Å². The molecule has 0 aromatic heterocycles. The summed E-state index contributed by atoms with van der Waals surface area (Å²) in [5.74, 6) is -0.930. The summed E-state index contributed by atoms with van der Waals surface area (Å²) in [7, 11) is 0. The van der Waals surface area contributed by atoms with Gasteiger partial charge in [-0.2, -0.15) is 0 Å². The van der Waals surface area contributed by atoms with Gasteiger partial charge in [0.05, 0.1) is 11.8 Å². The Morgan fingerprint density at radius 3 is 1.44 bits per heavy atom. The molecule has 0 aliphatic carbocycles. The van der Waals surface area contributed by atoms with E-state index in [1.54, 1.807) is 12.1 Å². The first kappa shape index (κ1) is 43.3. The van der Waals surface area contributed by atoms with Crippen molar-refractivity contribution in [2.75, 3.05) is 13.2 Å². The van der Waals surface area contributed by atoms with Crippen LogP contribution in [0.5, 0.6) is 11.5 Å². The average Bonchev–Trinajstić information content (AvgIpc) is 2.94. The Hall–Kier alpha value is -3.06. The molecule has 0 saturated carbocycles. The number of likely N-dealkylation sites (tertiary alicyclic amines) is 1. The van der Waals surface area contributed by atoms with Gasteiger partial charge in [-0.05, 0) is 96.6 Å². The molecule has 0 radical (unpaired) electrons. The Bertz CT molecular complexity index is 1540. The number of hydrogen-bond donors (Lipinski definition) is 2. The van der Waals surface area contributed by atoms with Crippen LogP contribution in [0.25, 0.3) is 0 Å². The van der Waals surface area contributed by atoms with Crippen molar-refractivity contribution in [1.82, 2.24) is 4.90 Å². The summed E-state index contributed by atoms with van der Waals surface area (Å²) in [4.78, 5) is 30.3. The van der Waals surface area contributed by atoms with Gasteiger partial charge in [0.1, 0.15) is 24.2 Å². The third-order valence-electron chi connectivity index (χ3n) is 10.4. The van der Waals surface area contributed by atoms with Crippen molar-refractivity contribution in [3.63, 3.8) is 0 Å². The molecule has 1 aliphatic heterocycles. The van der Waals surface area contributed by atoms with E-state index >= 15 is 0 Å². The van der Waals surface area contributed by atoms with Crippen LogP contribution in [0.2, 0.25) is 0 Å². The van der Waals surface area contributed by atoms with Crippen molar-refractivity contribution in [2.24, 2.45) is 10.8 Å². The molecule has 1 fully saturated rings. The van der Waals surface area contributed by atoms with Gasteiger partial charge >= 0.3 is 11.9 Å². The average molecular weight is 722 g/mol. The molecule has 0 spiro atoms. The van der Waals surface area contributed by atoms with E-state index in [2.05, 4.69) is 116 Å². The summed E-state index contributed by atoms with van der Waals surface area (Å²) in [6.07, 6.45) is 2.26. The summed E-state index contributed by atoms with van der Waals surface area (Å²) < 4.78 is 12.5. The number of carbonyl (C=O) groups excluding carboxylic acids is 2. The SMILES string of the molecule is CC(C)(C)CC(C(=O)OCCN1C(C)(C)CC(OC(=O)C(CC(C)(C)C)c2ccc(O)c(C(C)(C)C)c2)CC1(C)C)c1ccc(O)c(C(C)(C)C)c1. The number of benzene rings is 2. The van der Waals surface area contributed by atoms with Crippen LogP contribution in [-0.2, 0) is 29.9 Å². The maximum absolute atomic E-state index is 14.1. The largest absolute Gasteiger partial charge is 0.508 e. The lowest BCUT2D eigenvalue weighted by Gasteiger charge is -2.55. The predicted molar refractivity (Wildman–Crippen MR) is 212 cm³/mol. The third kappa shape index (κ3) is 11.5. The zero-order valence-electron chi connectivity index (χ0n) is 35.4. The number of phenols is 2. The molecule has 52 heavy (non-hydrogen) atoms. The summed E-state index contributed by atoms with van der Waals surface area (Å²) >= 11 is 0. The molecule has 3 rings (SSSR count). The van der Waals surface area contributed by atoms with Crippen molar-refractivity contribution in [3.8, 4) is 11.5 Å². The molecule has 0 bridgehead atoms. The van der Waals surface area contributed by atoms with Crippen molar-refractivity contribution in [2.45, 2.75) is 176 Å². The minimum Gasteiger partial charge on any atom is -0.508 e. The van der Waals surface area contributed by atoms with Crippen molar-refractivity contribution >= 4 is 11.9 Å². The van der Waals surface area contributed by atoms with Gasteiger partial charge in [-0.15, -0.1) is 0 Å². The second kappa shape index (κ2) is 15.4. The second-order valence-corrected chi connectivity index (χ2v) is 21.1. The van der Waals surface area contributed by atoms with E-state index in [-0.39, 0.29) is 68.9 Å². The fourth-order valence-corrected chi connectivity index (χ4v) is 8.14. The van der Waals surface area contributed by atoms with Crippen molar-refractivity contribution < 1.29 is 29.3 Å². The van der Waals surface area contributed by atoms with Gasteiger partial charge in [-0.3, -0.25) is 14.5 Å². The molecule has 2 atom stereocenters. The fraction of sp³-hybridized carbons (Fsp3) is 0.689. The zero-order valence-corrected chi connectivity index (χ0v) is 35.4. The fourth-order valence-electron chi connectivity index (χ4n) is 8.14. The van der Waals surface area contributed by atoms with E-state index in [1.165, 1.54) is 0 Å². The van der Waals surface area contributed by atoms with E-state index in [0.29, 0.717) is 32.2 Å². The minimum absolute atomic E-state index is 0.115. The number of esters is 2. The number of nitrogens with zero attached hydrogens (tertiary/aromatic N) is 1. The van der Waals surface area contributed by atoms with E-state index in [0.717, 1.165) is 22.3 Å². The standard InChI is InChI=1S/C45H71NO6/c1-40(2,3)27-32(29-17-19-36(47)34(23-29)42(7,8)9)38(49)51-22-21-46-44(13,14)25-31(26-45(46,15)16)52-39(50)33(28-41(4,5)6)30-18-20-37(48)35(24-30)43(10,11)12/h17-20,23-24,31-33,47-48H,21-22,25-28H2,1-16H3.